The summed E-state index contributed by atoms with van der Waals surface area (Å²) < 4.78 is 7.47. The molecule has 1 saturated heterocycles. The standard InChI is InChI=1S/C26H26N4O2/c1-20-12-13-24(32-20)26(31)29-16-14-28(15-17-29)18-22-19-30(23-10-6-3-7-11-23)27-25(22)21-8-4-2-5-9-21/h2-13,19H,14-18H2,1H3. The van der Waals surface area contributed by atoms with Crippen molar-refractivity contribution in [3.63, 3.8) is 0 Å². The van der Waals surface area contributed by atoms with Gasteiger partial charge in [0.1, 0.15) is 5.76 Å². The van der Waals surface area contributed by atoms with Crippen LogP contribution in [0.15, 0.2) is 83.4 Å². The highest BCUT2D eigenvalue weighted by molar-refractivity contribution is 5.91. The fraction of sp³-hybridized carbons (Fsp3) is 0.231. The van der Waals surface area contributed by atoms with Gasteiger partial charge in [-0.3, -0.25) is 9.69 Å². The maximum Gasteiger partial charge on any atom is 0.289 e. The van der Waals surface area contributed by atoms with Crippen molar-refractivity contribution in [2.45, 2.75) is 13.5 Å². The molecule has 32 heavy (non-hydrogen) atoms. The van der Waals surface area contributed by atoms with E-state index >= 15 is 0 Å². The van der Waals surface area contributed by atoms with Gasteiger partial charge in [-0.05, 0) is 31.2 Å². The number of carbonyl (C=O) groups excluding carboxylic acids is 1. The minimum absolute atomic E-state index is 0.0281. The lowest BCUT2D eigenvalue weighted by atomic mass is 10.1. The number of aromatic nitrogens is 2. The molecule has 1 aliphatic rings. The number of hydrogen-bond donors (Lipinski definition) is 0. The predicted molar refractivity (Wildman–Crippen MR) is 124 cm³/mol. The van der Waals surface area contributed by atoms with Crippen molar-refractivity contribution in [3.05, 3.63) is 96.1 Å². The van der Waals surface area contributed by atoms with Gasteiger partial charge in [0.2, 0.25) is 0 Å². The van der Waals surface area contributed by atoms with Crippen molar-refractivity contribution in [3.8, 4) is 16.9 Å². The summed E-state index contributed by atoms with van der Waals surface area (Å²) in [4.78, 5) is 16.9. The molecule has 3 heterocycles. The number of benzene rings is 2. The van der Waals surface area contributed by atoms with Crippen molar-refractivity contribution in [1.29, 1.82) is 0 Å². The summed E-state index contributed by atoms with van der Waals surface area (Å²) in [5, 5.41) is 4.91. The molecule has 0 saturated carbocycles. The zero-order valence-corrected chi connectivity index (χ0v) is 18.1. The Morgan fingerprint density at radius 3 is 2.25 bits per heavy atom. The van der Waals surface area contributed by atoms with Crippen LogP contribution >= 0.6 is 0 Å². The Hall–Kier alpha value is -3.64. The van der Waals surface area contributed by atoms with Crippen molar-refractivity contribution in [1.82, 2.24) is 19.6 Å². The Bertz CT molecular complexity index is 1190. The van der Waals surface area contributed by atoms with Gasteiger partial charge in [-0.15, -0.1) is 0 Å². The average Bonchev–Trinajstić information content (AvgIpc) is 3.47. The van der Waals surface area contributed by atoms with Crippen LogP contribution < -0.4 is 0 Å². The summed E-state index contributed by atoms with van der Waals surface area (Å²) in [6.07, 6.45) is 2.13. The SMILES string of the molecule is Cc1ccc(C(=O)N2CCN(Cc3cn(-c4ccccc4)nc3-c3ccccc3)CC2)o1. The number of rotatable bonds is 5. The van der Waals surface area contributed by atoms with E-state index in [1.165, 1.54) is 5.56 Å². The van der Waals surface area contributed by atoms with Gasteiger partial charge in [0.05, 0.1) is 11.4 Å². The van der Waals surface area contributed by atoms with Crippen LogP contribution in [-0.4, -0.2) is 51.7 Å². The first-order chi connectivity index (χ1) is 15.7. The molecule has 162 valence electrons. The van der Waals surface area contributed by atoms with Gasteiger partial charge in [-0.1, -0.05) is 48.5 Å². The number of aryl methyl sites for hydroxylation is 1. The van der Waals surface area contributed by atoms with Crippen molar-refractivity contribution < 1.29 is 9.21 Å². The number of para-hydroxylation sites is 1. The summed E-state index contributed by atoms with van der Waals surface area (Å²) in [5.41, 5.74) is 4.33. The third kappa shape index (κ3) is 4.22. The van der Waals surface area contributed by atoms with Gasteiger partial charge in [0.25, 0.3) is 5.91 Å². The summed E-state index contributed by atoms with van der Waals surface area (Å²) >= 11 is 0. The Balaban J connectivity index is 1.33. The first-order valence-electron chi connectivity index (χ1n) is 10.9. The summed E-state index contributed by atoms with van der Waals surface area (Å²) in [6.45, 7) is 5.65. The number of nitrogens with zero attached hydrogens (tertiary/aromatic N) is 4. The fourth-order valence-corrected chi connectivity index (χ4v) is 4.13. The first-order valence-corrected chi connectivity index (χ1v) is 10.9. The van der Waals surface area contributed by atoms with Crippen LogP contribution in [0.2, 0.25) is 0 Å². The number of hydrogen-bond acceptors (Lipinski definition) is 4. The quantitative estimate of drug-likeness (QED) is 0.475. The van der Waals surface area contributed by atoms with E-state index in [0.717, 1.165) is 42.3 Å². The minimum Gasteiger partial charge on any atom is -0.456 e. The molecule has 2 aromatic heterocycles. The van der Waals surface area contributed by atoms with Crippen molar-refractivity contribution >= 4 is 5.91 Å². The molecule has 1 amide bonds. The lowest BCUT2D eigenvalue weighted by molar-refractivity contribution is 0.0596. The molecule has 0 unspecified atom stereocenters. The number of furan rings is 1. The van der Waals surface area contributed by atoms with Crippen LogP contribution in [0.5, 0.6) is 0 Å². The highest BCUT2D eigenvalue weighted by atomic mass is 16.3. The molecule has 0 atom stereocenters. The van der Waals surface area contributed by atoms with Gasteiger partial charge in [-0.25, -0.2) is 4.68 Å². The summed E-state index contributed by atoms with van der Waals surface area (Å²) in [5.74, 6) is 1.15. The zero-order chi connectivity index (χ0) is 21.9. The molecular weight excluding hydrogens is 400 g/mol. The van der Waals surface area contributed by atoms with E-state index in [1.54, 1.807) is 6.07 Å². The van der Waals surface area contributed by atoms with Gasteiger partial charge >= 0.3 is 0 Å². The molecule has 2 aromatic carbocycles. The normalized spacial score (nSPS) is 14.6. The van der Waals surface area contributed by atoms with Crippen molar-refractivity contribution in [2.24, 2.45) is 0 Å². The molecule has 0 N–H and O–H groups in total. The molecule has 1 fully saturated rings. The second kappa shape index (κ2) is 8.85. The van der Waals surface area contributed by atoms with Gasteiger partial charge in [0, 0.05) is 50.0 Å². The van der Waals surface area contributed by atoms with Crippen LogP contribution in [0.4, 0.5) is 0 Å². The minimum atomic E-state index is -0.0281. The predicted octanol–water partition coefficient (Wildman–Crippen LogP) is 4.40. The molecule has 4 aromatic rings. The van der Waals surface area contributed by atoms with Crippen molar-refractivity contribution in [2.75, 3.05) is 26.2 Å². The Morgan fingerprint density at radius 1 is 0.906 bits per heavy atom. The summed E-state index contributed by atoms with van der Waals surface area (Å²) in [7, 11) is 0. The van der Waals surface area contributed by atoms with Crippen LogP contribution in [0.25, 0.3) is 16.9 Å². The molecule has 5 rings (SSSR count). The third-order valence-electron chi connectivity index (χ3n) is 5.86. The van der Waals surface area contributed by atoms with Crippen LogP contribution in [-0.2, 0) is 6.54 Å². The van der Waals surface area contributed by atoms with Crippen LogP contribution in [0.1, 0.15) is 21.9 Å². The maximum absolute atomic E-state index is 12.7. The first kappa shape index (κ1) is 20.3. The third-order valence-corrected chi connectivity index (χ3v) is 5.86. The van der Waals surface area contributed by atoms with Crippen LogP contribution in [0.3, 0.4) is 0 Å². The average molecular weight is 427 g/mol. The number of carbonyl (C=O) groups is 1. The smallest absolute Gasteiger partial charge is 0.289 e. The van der Waals surface area contributed by atoms with E-state index in [-0.39, 0.29) is 5.91 Å². The van der Waals surface area contributed by atoms with Gasteiger partial charge < -0.3 is 9.32 Å². The molecule has 1 aliphatic heterocycles. The molecular formula is C26H26N4O2. The monoisotopic (exact) mass is 426 g/mol. The van der Waals surface area contributed by atoms with E-state index in [0.29, 0.717) is 18.8 Å². The number of amides is 1. The lowest BCUT2D eigenvalue weighted by Gasteiger charge is -2.34. The van der Waals surface area contributed by atoms with Crippen LogP contribution in [0, 0.1) is 6.92 Å². The molecule has 0 aliphatic carbocycles. The molecule has 6 heteroatoms. The number of piperazine rings is 1. The maximum atomic E-state index is 12.7. The van der Waals surface area contributed by atoms with E-state index in [4.69, 9.17) is 9.52 Å². The highest BCUT2D eigenvalue weighted by Crippen LogP contribution is 2.25. The fourth-order valence-electron chi connectivity index (χ4n) is 4.13. The molecule has 6 nitrogen and oxygen atoms in total. The second-order valence-corrected chi connectivity index (χ2v) is 8.13. The largest absolute Gasteiger partial charge is 0.456 e. The van der Waals surface area contributed by atoms with E-state index in [2.05, 4.69) is 35.4 Å². The molecule has 0 radical (unpaired) electrons. The van der Waals surface area contributed by atoms with Gasteiger partial charge in [-0.2, -0.15) is 5.10 Å². The van der Waals surface area contributed by atoms with E-state index < -0.39 is 0 Å². The zero-order valence-electron chi connectivity index (χ0n) is 18.1. The topological polar surface area (TPSA) is 54.5 Å². The van der Waals surface area contributed by atoms with Gasteiger partial charge in [0.15, 0.2) is 5.76 Å². The Morgan fingerprint density at radius 2 is 1.59 bits per heavy atom. The van der Waals surface area contributed by atoms with E-state index in [1.807, 2.05) is 59.0 Å². The Kier molecular flexibility index (Phi) is 5.60. The second-order valence-electron chi connectivity index (χ2n) is 8.13. The molecule has 0 bridgehead atoms. The Labute approximate surface area is 187 Å². The molecule has 0 spiro atoms. The lowest BCUT2D eigenvalue weighted by Crippen LogP contribution is -2.48. The summed E-state index contributed by atoms with van der Waals surface area (Å²) in [6, 6.07) is 24.1. The van der Waals surface area contributed by atoms with E-state index in [9.17, 15) is 4.79 Å². The highest BCUT2D eigenvalue weighted by Gasteiger charge is 2.25.